The number of rotatable bonds is 5. The van der Waals surface area contributed by atoms with Crippen LogP contribution in [0.3, 0.4) is 0 Å². The molecule has 1 aliphatic rings. The van der Waals surface area contributed by atoms with Crippen molar-refractivity contribution in [1.82, 2.24) is 4.90 Å². The van der Waals surface area contributed by atoms with Gasteiger partial charge in [0.1, 0.15) is 0 Å². The van der Waals surface area contributed by atoms with E-state index >= 15 is 0 Å². The number of benzene rings is 1. The van der Waals surface area contributed by atoms with Crippen molar-refractivity contribution >= 4 is 40.2 Å². The molecule has 0 bridgehead atoms. The lowest BCUT2D eigenvalue weighted by molar-refractivity contribution is -0.384. The number of carbonyl (C=O) groups is 1. The Kier molecular flexibility index (Phi) is 5.36. The van der Waals surface area contributed by atoms with E-state index in [0.717, 1.165) is 19.4 Å². The molecule has 1 aromatic carbocycles. The zero-order valence-electron chi connectivity index (χ0n) is 13.6. The van der Waals surface area contributed by atoms with E-state index in [1.807, 2.05) is 18.4 Å². The normalized spacial score (nSPS) is 18.9. The maximum atomic E-state index is 12.7. The highest BCUT2D eigenvalue weighted by molar-refractivity contribution is 7.10. The van der Waals surface area contributed by atoms with Crippen molar-refractivity contribution in [3.05, 3.63) is 55.7 Å². The summed E-state index contributed by atoms with van der Waals surface area (Å²) in [6.45, 7) is 2.70. The molecule has 6 nitrogen and oxygen atoms in total. The van der Waals surface area contributed by atoms with Crippen LogP contribution in [0.2, 0.25) is 5.02 Å². The molecule has 3 rings (SSSR count). The Morgan fingerprint density at radius 1 is 1.48 bits per heavy atom. The number of thiophene rings is 1. The number of amides is 1. The number of nitrogens with zero attached hydrogens (tertiary/aromatic N) is 2. The SMILES string of the molecule is CC(C(=O)Nc1cc([N+](=O)[O-])ccc1Cl)N1CCCC1c1cccs1. The number of hydrogen-bond acceptors (Lipinski definition) is 5. The van der Waals surface area contributed by atoms with Crippen molar-refractivity contribution in [2.75, 3.05) is 11.9 Å². The number of hydrogen-bond donors (Lipinski definition) is 1. The van der Waals surface area contributed by atoms with Crippen molar-refractivity contribution in [1.29, 1.82) is 0 Å². The molecule has 1 fully saturated rings. The molecule has 1 saturated heterocycles. The first-order chi connectivity index (χ1) is 12.0. The fourth-order valence-electron chi connectivity index (χ4n) is 3.15. The molecule has 0 saturated carbocycles. The third-order valence-electron chi connectivity index (χ3n) is 4.46. The highest BCUT2D eigenvalue weighted by Gasteiger charge is 2.33. The number of nitro benzene ring substituents is 1. The first-order valence-electron chi connectivity index (χ1n) is 8.01. The summed E-state index contributed by atoms with van der Waals surface area (Å²) < 4.78 is 0. The van der Waals surface area contributed by atoms with Gasteiger partial charge in [-0.3, -0.25) is 19.8 Å². The molecule has 1 N–H and O–H groups in total. The Balaban J connectivity index is 1.75. The van der Waals surface area contributed by atoms with Gasteiger partial charge in [0.2, 0.25) is 5.91 Å². The van der Waals surface area contributed by atoms with Crippen molar-refractivity contribution < 1.29 is 9.72 Å². The number of non-ortho nitro benzene ring substituents is 1. The second-order valence-corrected chi connectivity index (χ2v) is 7.38. The molecule has 1 amide bonds. The summed E-state index contributed by atoms with van der Waals surface area (Å²) in [5.74, 6) is -0.217. The Bertz CT molecular complexity index is 781. The van der Waals surface area contributed by atoms with Crippen LogP contribution in [0.4, 0.5) is 11.4 Å². The van der Waals surface area contributed by atoms with Crippen molar-refractivity contribution in [3.8, 4) is 0 Å². The highest BCUT2D eigenvalue weighted by Crippen LogP contribution is 2.36. The molecule has 1 aromatic heterocycles. The molecule has 2 atom stereocenters. The van der Waals surface area contributed by atoms with Gasteiger partial charge in [-0.05, 0) is 43.8 Å². The van der Waals surface area contributed by atoms with Crippen LogP contribution >= 0.6 is 22.9 Å². The summed E-state index contributed by atoms with van der Waals surface area (Å²) in [4.78, 5) is 26.5. The summed E-state index contributed by atoms with van der Waals surface area (Å²) in [7, 11) is 0. The van der Waals surface area contributed by atoms with E-state index in [1.165, 1.54) is 23.1 Å². The average molecular weight is 380 g/mol. The molecule has 0 spiro atoms. The van der Waals surface area contributed by atoms with E-state index < -0.39 is 4.92 Å². The second kappa shape index (κ2) is 7.51. The summed E-state index contributed by atoms with van der Waals surface area (Å²) in [6.07, 6.45) is 2.06. The monoisotopic (exact) mass is 379 g/mol. The minimum absolute atomic E-state index is 0.106. The molecule has 0 radical (unpaired) electrons. The average Bonchev–Trinajstić information content (AvgIpc) is 3.26. The molecule has 8 heteroatoms. The van der Waals surface area contributed by atoms with Crippen LogP contribution in [0.1, 0.15) is 30.7 Å². The molecule has 2 unspecified atom stereocenters. The summed E-state index contributed by atoms with van der Waals surface area (Å²) in [6, 6.07) is 8.01. The van der Waals surface area contributed by atoms with Gasteiger partial charge in [0.05, 0.1) is 21.7 Å². The maximum Gasteiger partial charge on any atom is 0.271 e. The smallest absolute Gasteiger partial charge is 0.271 e. The first kappa shape index (κ1) is 17.8. The van der Waals surface area contributed by atoms with Crippen molar-refractivity contribution in [3.63, 3.8) is 0 Å². The molecule has 0 aliphatic carbocycles. The van der Waals surface area contributed by atoms with Crippen LogP contribution in [0.5, 0.6) is 0 Å². The molecule has 2 aromatic rings. The van der Waals surface area contributed by atoms with E-state index in [1.54, 1.807) is 11.3 Å². The fraction of sp³-hybridized carbons (Fsp3) is 0.353. The standard InChI is InChI=1S/C17H18ClN3O3S/c1-11(20-8-2-4-15(20)16-5-3-9-25-16)17(22)19-14-10-12(21(23)24)6-7-13(14)18/h3,5-7,9-11,15H,2,4,8H2,1H3,(H,19,22). The predicted molar refractivity (Wildman–Crippen MR) is 99.2 cm³/mol. The second-order valence-electron chi connectivity index (χ2n) is 6.00. The van der Waals surface area contributed by atoms with Gasteiger partial charge in [-0.15, -0.1) is 11.3 Å². The predicted octanol–water partition coefficient (Wildman–Crippen LogP) is 4.47. The quantitative estimate of drug-likeness (QED) is 0.614. The van der Waals surface area contributed by atoms with Crippen LogP contribution in [0.25, 0.3) is 0 Å². The molecule has 25 heavy (non-hydrogen) atoms. The van der Waals surface area contributed by atoms with Gasteiger partial charge in [-0.2, -0.15) is 0 Å². The lowest BCUT2D eigenvalue weighted by Crippen LogP contribution is -2.41. The van der Waals surface area contributed by atoms with Crippen molar-refractivity contribution in [2.24, 2.45) is 0 Å². The zero-order chi connectivity index (χ0) is 18.0. The fourth-order valence-corrected chi connectivity index (χ4v) is 4.20. The molecular formula is C17H18ClN3O3S. The van der Waals surface area contributed by atoms with Crippen LogP contribution in [0, 0.1) is 10.1 Å². The summed E-state index contributed by atoms with van der Waals surface area (Å²) in [5.41, 5.74) is 0.157. The Hall–Kier alpha value is -1.96. The molecule has 2 heterocycles. The summed E-state index contributed by atoms with van der Waals surface area (Å²) in [5, 5.41) is 16.0. The first-order valence-corrected chi connectivity index (χ1v) is 9.27. The number of nitrogens with one attached hydrogen (secondary N) is 1. The van der Waals surface area contributed by atoms with Crippen LogP contribution in [-0.2, 0) is 4.79 Å². The number of likely N-dealkylation sites (tertiary alicyclic amines) is 1. The van der Waals surface area contributed by atoms with Gasteiger partial charge in [0, 0.05) is 23.1 Å². The largest absolute Gasteiger partial charge is 0.323 e. The summed E-state index contributed by atoms with van der Waals surface area (Å²) >= 11 is 7.77. The molecule has 1 aliphatic heterocycles. The van der Waals surface area contributed by atoms with E-state index in [4.69, 9.17) is 11.6 Å². The topological polar surface area (TPSA) is 75.5 Å². The number of anilines is 1. The van der Waals surface area contributed by atoms with Gasteiger partial charge in [0.25, 0.3) is 5.69 Å². The third-order valence-corrected chi connectivity index (χ3v) is 5.76. The van der Waals surface area contributed by atoms with Crippen molar-refractivity contribution in [2.45, 2.75) is 31.8 Å². The van der Waals surface area contributed by atoms with E-state index in [9.17, 15) is 14.9 Å². The number of carbonyl (C=O) groups excluding carboxylic acids is 1. The lowest BCUT2D eigenvalue weighted by Gasteiger charge is -2.29. The minimum atomic E-state index is -0.511. The third kappa shape index (κ3) is 3.84. The Labute approximate surface area is 154 Å². The van der Waals surface area contributed by atoms with Crippen LogP contribution < -0.4 is 5.32 Å². The highest BCUT2D eigenvalue weighted by atomic mass is 35.5. The molecule has 132 valence electrons. The van der Waals surface area contributed by atoms with Gasteiger partial charge >= 0.3 is 0 Å². The van der Waals surface area contributed by atoms with Gasteiger partial charge in [0.15, 0.2) is 0 Å². The van der Waals surface area contributed by atoms with Crippen LogP contribution in [-0.4, -0.2) is 28.3 Å². The number of halogens is 1. The lowest BCUT2D eigenvalue weighted by atomic mass is 10.1. The van der Waals surface area contributed by atoms with Gasteiger partial charge in [-0.25, -0.2) is 0 Å². The van der Waals surface area contributed by atoms with E-state index in [-0.39, 0.29) is 34.4 Å². The maximum absolute atomic E-state index is 12.7. The van der Waals surface area contributed by atoms with E-state index in [0.29, 0.717) is 0 Å². The molecular weight excluding hydrogens is 362 g/mol. The number of nitro groups is 1. The Morgan fingerprint density at radius 3 is 2.96 bits per heavy atom. The van der Waals surface area contributed by atoms with Crippen LogP contribution in [0.15, 0.2) is 35.7 Å². The van der Waals surface area contributed by atoms with Gasteiger partial charge in [-0.1, -0.05) is 17.7 Å². The zero-order valence-corrected chi connectivity index (χ0v) is 15.2. The Morgan fingerprint density at radius 2 is 2.28 bits per heavy atom. The van der Waals surface area contributed by atoms with Gasteiger partial charge < -0.3 is 5.32 Å². The minimum Gasteiger partial charge on any atom is -0.323 e. The van der Waals surface area contributed by atoms with E-state index in [2.05, 4.69) is 16.3 Å².